The Bertz CT molecular complexity index is 1110. The third kappa shape index (κ3) is 3.95. The molecule has 2 aromatic rings. The molecule has 3 aliphatic rings. The number of nitrogens with one attached hydrogen (secondary N) is 2. The molecule has 0 spiro atoms. The van der Waals surface area contributed by atoms with E-state index < -0.39 is 16.2 Å². The number of benzene rings is 1. The van der Waals surface area contributed by atoms with Gasteiger partial charge in [0, 0.05) is 25.9 Å². The predicted molar refractivity (Wildman–Crippen MR) is 119 cm³/mol. The summed E-state index contributed by atoms with van der Waals surface area (Å²) < 4.78 is 36.9. The molecular weight excluding hydrogens is 432 g/mol. The number of aromatic nitrogens is 3. The molecule has 1 aromatic heterocycles. The van der Waals surface area contributed by atoms with Gasteiger partial charge in [-0.25, -0.2) is 13.8 Å². The number of aryl methyl sites for hydroxylation is 3. The number of amides is 2. The first-order valence-electron chi connectivity index (χ1n) is 11.2. The van der Waals surface area contributed by atoms with Crippen LogP contribution in [0.5, 0.6) is 0 Å². The maximum Gasteiger partial charge on any atom is 0.334 e. The smallest absolute Gasteiger partial charge is 0.334 e. The van der Waals surface area contributed by atoms with E-state index in [9.17, 15) is 13.2 Å². The minimum atomic E-state index is -4.21. The summed E-state index contributed by atoms with van der Waals surface area (Å²) in [5.41, 5.74) is 5.64. The van der Waals surface area contributed by atoms with Crippen LogP contribution in [0.25, 0.3) is 0 Å². The molecule has 2 aliphatic carbocycles. The first-order valence-corrected chi connectivity index (χ1v) is 12.6. The number of hydrogen-bond donors (Lipinski definition) is 2. The molecule has 11 heteroatoms. The third-order valence-electron chi connectivity index (χ3n) is 6.53. The highest BCUT2D eigenvalue weighted by Crippen LogP contribution is 2.38. The summed E-state index contributed by atoms with van der Waals surface area (Å²) in [5.74, 6) is 0.182. The fraction of sp³-hybridized carbons (Fsp3) is 0.571. The van der Waals surface area contributed by atoms with Crippen LogP contribution in [0.1, 0.15) is 47.9 Å². The molecule has 2 N–H and O–H groups in total. The lowest BCUT2D eigenvalue weighted by atomic mass is 9.99. The minimum Gasteiger partial charge on any atom is -0.381 e. The number of carbonyl (C=O) groups excluding carboxylic acids is 1. The van der Waals surface area contributed by atoms with E-state index in [4.69, 9.17) is 4.74 Å². The molecule has 5 rings (SSSR count). The first kappa shape index (κ1) is 21.2. The molecule has 0 saturated carbocycles. The lowest BCUT2D eigenvalue weighted by molar-refractivity contribution is 0.0874. The molecular formula is C21H28N6O4S. The van der Waals surface area contributed by atoms with Gasteiger partial charge in [0.15, 0.2) is 5.82 Å². The van der Waals surface area contributed by atoms with Crippen molar-refractivity contribution in [1.82, 2.24) is 19.7 Å². The van der Waals surface area contributed by atoms with Crippen molar-refractivity contribution in [1.29, 1.82) is 0 Å². The van der Waals surface area contributed by atoms with Gasteiger partial charge in [0.1, 0.15) is 0 Å². The standard InChI is InChI=1S/C21H28N6O4S/c1-26-13-19(23-25-26)27(16-8-10-31-11-9-16)32(29,30)24-21(28)22-20-17-6-2-4-14(17)12-15-5-3-7-18(15)20/h12-13,16H,2-11H2,1H3,(H2,22,24,28). The van der Waals surface area contributed by atoms with Crippen molar-refractivity contribution >= 4 is 27.7 Å². The number of rotatable bonds is 5. The number of anilines is 2. The van der Waals surface area contributed by atoms with Gasteiger partial charge in [-0.05, 0) is 73.6 Å². The van der Waals surface area contributed by atoms with Crippen LogP contribution < -0.4 is 14.3 Å². The van der Waals surface area contributed by atoms with Crippen molar-refractivity contribution in [2.75, 3.05) is 22.8 Å². The molecule has 0 bridgehead atoms. The number of nitrogens with zero attached hydrogens (tertiary/aromatic N) is 4. The van der Waals surface area contributed by atoms with Crippen molar-refractivity contribution < 1.29 is 17.9 Å². The highest BCUT2D eigenvalue weighted by molar-refractivity contribution is 7.91. The molecule has 10 nitrogen and oxygen atoms in total. The monoisotopic (exact) mass is 460 g/mol. The summed E-state index contributed by atoms with van der Waals surface area (Å²) in [7, 11) is -2.54. The average molecular weight is 461 g/mol. The Labute approximate surface area is 187 Å². The molecule has 0 atom stereocenters. The molecule has 1 fully saturated rings. The number of hydrogen-bond acceptors (Lipinski definition) is 6. The Hall–Kier alpha value is -2.66. The largest absolute Gasteiger partial charge is 0.381 e. The third-order valence-corrected chi connectivity index (χ3v) is 7.98. The number of carbonyl (C=O) groups is 1. The minimum absolute atomic E-state index is 0.182. The lowest BCUT2D eigenvalue weighted by Gasteiger charge is -2.32. The van der Waals surface area contributed by atoms with Gasteiger partial charge in [-0.15, -0.1) is 5.10 Å². The Balaban J connectivity index is 1.41. The van der Waals surface area contributed by atoms with E-state index in [0.29, 0.717) is 26.1 Å². The quantitative estimate of drug-likeness (QED) is 0.703. The van der Waals surface area contributed by atoms with Crippen molar-refractivity contribution in [3.05, 3.63) is 34.5 Å². The highest BCUT2D eigenvalue weighted by Gasteiger charge is 2.35. The number of fused-ring (bicyclic) bond motifs is 2. The molecule has 2 amide bonds. The van der Waals surface area contributed by atoms with Gasteiger partial charge in [-0.1, -0.05) is 11.3 Å². The average Bonchev–Trinajstić information content (AvgIpc) is 3.49. The summed E-state index contributed by atoms with van der Waals surface area (Å²) >= 11 is 0. The van der Waals surface area contributed by atoms with Crippen LogP contribution >= 0.6 is 0 Å². The van der Waals surface area contributed by atoms with E-state index in [0.717, 1.165) is 55.3 Å². The van der Waals surface area contributed by atoms with Crippen molar-refractivity contribution in [3.63, 3.8) is 0 Å². The van der Waals surface area contributed by atoms with Gasteiger partial charge in [-0.3, -0.25) is 4.68 Å². The summed E-state index contributed by atoms with van der Waals surface area (Å²) in [6.45, 7) is 0.900. The van der Waals surface area contributed by atoms with Gasteiger partial charge < -0.3 is 10.1 Å². The van der Waals surface area contributed by atoms with Crippen LogP contribution in [-0.2, 0) is 47.7 Å². The summed E-state index contributed by atoms with van der Waals surface area (Å²) in [6, 6.07) is 1.15. The first-order chi connectivity index (χ1) is 15.4. The van der Waals surface area contributed by atoms with Crippen molar-refractivity contribution in [2.45, 2.75) is 57.4 Å². The van der Waals surface area contributed by atoms with Crippen molar-refractivity contribution in [2.24, 2.45) is 7.05 Å². The zero-order chi connectivity index (χ0) is 22.3. The summed E-state index contributed by atoms with van der Waals surface area (Å²) in [4.78, 5) is 13.0. The molecule has 0 unspecified atom stereocenters. The maximum atomic E-state index is 13.3. The second kappa shape index (κ2) is 8.36. The molecule has 1 aliphatic heterocycles. The second-order valence-electron chi connectivity index (χ2n) is 8.69. The second-order valence-corrected chi connectivity index (χ2v) is 10.2. The fourth-order valence-electron chi connectivity index (χ4n) is 5.13. The Morgan fingerprint density at radius 3 is 2.38 bits per heavy atom. The lowest BCUT2D eigenvalue weighted by Crippen LogP contribution is -2.51. The highest BCUT2D eigenvalue weighted by atomic mass is 32.2. The van der Waals surface area contributed by atoms with Gasteiger partial charge in [0.25, 0.3) is 0 Å². The Morgan fingerprint density at radius 2 is 1.78 bits per heavy atom. The van der Waals surface area contributed by atoms with E-state index in [1.807, 2.05) is 0 Å². The van der Waals surface area contributed by atoms with E-state index in [2.05, 4.69) is 26.4 Å². The molecule has 2 heterocycles. The van der Waals surface area contributed by atoms with E-state index in [-0.39, 0.29) is 11.9 Å². The zero-order valence-corrected chi connectivity index (χ0v) is 18.9. The van der Waals surface area contributed by atoms with Crippen LogP contribution in [0, 0.1) is 0 Å². The maximum absolute atomic E-state index is 13.3. The van der Waals surface area contributed by atoms with Gasteiger partial charge in [0.2, 0.25) is 0 Å². The SMILES string of the molecule is Cn1cc(N(C2CCOCC2)S(=O)(=O)NC(=O)Nc2c3c(cc4c2CCC4)CCC3)nn1. The number of urea groups is 1. The van der Waals surface area contributed by atoms with E-state index in [1.165, 1.54) is 26.3 Å². The van der Waals surface area contributed by atoms with Gasteiger partial charge in [0.05, 0.1) is 12.2 Å². The summed E-state index contributed by atoms with van der Waals surface area (Å²) in [6.07, 6.45) is 8.47. The Morgan fingerprint density at radius 1 is 1.12 bits per heavy atom. The Kier molecular flexibility index (Phi) is 5.54. The number of ether oxygens (including phenoxy) is 1. The zero-order valence-electron chi connectivity index (χ0n) is 18.1. The fourth-order valence-corrected chi connectivity index (χ4v) is 6.45. The van der Waals surface area contributed by atoms with Crippen LogP contribution in [0.4, 0.5) is 16.3 Å². The normalized spacial score (nSPS) is 18.3. The summed E-state index contributed by atoms with van der Waals surface area (Å²) in [5, 5.41) is 10.8. The topological polar surface area (TPSA) is 118 Å². The van der Waals surface area contributed by atoms with E-state index >= 15 is 0 Å². The van der Waals surface area contributed by atoms with Gasteiger partial charge >= 0.3 is 16.2 Å². The predicted octanol–water partition coefficient (Wildman–Crippen LogP) is 1.84. The molecule has 172 valence electrons. The molecule has 1 saturated heterocycles. The van der Waals surface area contributed by atoms with Crippen molar-refractivity contribution in [3.8, 4) is 0 Å². The van der Waals surface area contributed by atoms with Crippen LogP contribution in [0.2, 0.25) is 0 Å². The molecule has 1 aromatic carbocycles. The molecule has 0 radical (unpaired) electrons. The van der Waals surface area contributed by atoms with Crippen LogP contribution in [-0.4, -0.2) is 48.7 Å². The van der Waals surface area contributed by atoms with Crippen LogP contribution in [0.3, 0.4) is 0 Å². The van der Waals surface area contributed by atoms with Gasteiger partial charge in [-0.2, -0.15) is 8.42 Å². The molecule has 32 heavy (non-hydrogen) atoms. The van der Waals surface area contributed by atoms with E-state index in [1.54, 1.807) is 7.05 Å². The van der Waals surface area contributed by atoms with Crippen LogP contribution in [0.15, 0.2) is 12.3 Å².